The number of fused-ring (bicyclic) bond motifs is 1. The zero-order valence-corrected chi connectivity index (χ0v) is 15.8. The number of aliphatic hydroxyl groups is 1. The monoisotopic (exact) mass is 379 g/mol. The van der Waals surface area contributed by atoms with Gasteiger partial charge in [0.2, 0.25) is 0 Å². The summed E-state index contributed by atoms with van der Waals surface area (Å²) >= 11 is 3.52. The van der Waals surface area contributed by atoms with E-state index in [9.17, 15) is 5.11 Å². The minimum atomic E-state index is 0.137. The van der Waals surface area contributed by atoms with Gasteiger partial charge in [0, 0.05) is 29.0 Å². The predicted octanol–water partition coefficient (Wildman–Crippen LogP) is 3.60. The fourth-order valence-electron chi connectivity index (χ4n) is 3.77. The highest BCUT2D eigenvalue weighted by Crippen LogP contribution is 2.29. The zero-order valence-electron chi connectivity index (χ0n) is 14.2. The molecule has 1 fully saturated rings. The van der Waals surface area contributed by atoms with Crippen LogP contribution in [0.3, 0.4) is 0 Å². The van der Waals surface area contributed by atoms with Gasteiger partial charge in [-0.25, -0.2) is 4.98 Å². The summed E-state index contributed by atoms with van der Waals surface area (Å²) in [7, 11) is 0. The lowest BCUT2D eigenvalue weighted by Crippen LogP contribution is -2.46. The smallest absolute Gasteiger partial charge is 0.112 e. The Morgan fingerprint density at radius 1 is 1.35 bits per heavy atom. The van der Waals surface area contributed by atoms with Crippen LogP contribution in [0.5, 0.6) is 0 Å². The maximum Gasteiger partial charge on any atom is 0.112 e. The summed E-state index contributed by atoms with van der Waals surface area (Å²) in [6.07, 6.45) is 3.09. The molecule has 4 nitrogen and oxygen atoms in total. The highest BCUT2D eigenvalue weighted by atomic mass is 79.9. The van der Waals surface area contributed by atoms with E-state index in [1.807, 2.05) is 0 Å². The minimum absolute atomic E-state index is 0.137. The number of aromatic nitrogens is 2. The van der Waals surface area contributed by atoms with E-state index in [0.29, 0.717) is 12.5 Å². The van der Waals surface area contributed by atoms with E-state index in [1.165, 1.54) is 19.4 Å². The lowest BCUT2D eigenvalue weighted by atomic mass is 10.0. The van der Waals surface area contributed by atoms with E-state index in [2.05, 4.69) is 64.4 Å². The summed E-state index contributed by atoms with van der Waals surface area (Å²) < 4.78 is 3.36. The number of halogens is 1. The summed E-state index contributed by atoms with van der Waals surface area (Å²) in [5.41, 5.74) is 2.36. The molecule has 0 saturated carbocycles. The number of nitrogens with zero attached hydrogens (tertiary/aromatic N) is 3. The Balaban J connectivity index is 1.96. The molecule has 0 amide bonds. The van der Waals surface area contributed by atoms with Gasteiger partial charge in [-0.3, -0.25) is 4.90 Å². The van der Waals surface area contributed by atoms with Crippen LogP contribution in [0.15, 0.2) is 22.7 Å². The first-order valence-corrected chi connectivity index (χ1v) is 9.21. The van der Waals surface area contributed by atoms with Gasteiger partial charge in [-0.2, -0.15) is 0 Å². The largest absolute Gasteiger partial charge is 0.396 e. The Kier molecular flexibility index (Phi) is 4.81. The molecule has 23 heavy (non-hydrogen) atoms. The Morgan fingerprint density at radius 3 is 2.83 bits per heavy atom. The Labute approximate surface area is 146 Å². The summed E-state index contributed by atoms with van der Waals surface area (Å²) in [6, 6.07) is 6.79. The standard InChI is InChI=1S/C18H26BrN3O/c1-18(2,3)22-9-4-5-14(22)12-21-16-7-6-13(19)11-15(16)20-17(21)8-10-23/h6-7,11,14,23H,4-5,8-10,12H2,1-3H3. The highest BCUT2D eigenvalue weighted by molar-refractivity contribution is 9.10. The lowest BCUT2D eigenvalue weighted by Gasteiger charge is -2.37. The summed E-state index contributed by atoms with van der Waals surface area (Å²) in [5.74, 6) is 0.987. The molecule has 2 aromatic rings. The van der Waals surface area contributed by atoms with Crippen LogP contribution < -0.4 is 0 Å². The Morgan fingerprint density at radius 2 is 2.13 bits per heavy atom. The predicted molar refractivity (Wildman–Crippen MR) is 97.7 cm³/mol. The third kappa shape index (κ3) is 3.47. The third-order valence-corrected chi connectivity index (χ3v) is 5.25. The van der Waals surface area contributed by atoms with E-state index < -0.39 is 0 Å². The minimum Gasteiger partial charge on any atom is -0.396 e. The van der Waals surface area contributed by atoms with Gasteiger partial charge in [-0.15, -0.1) is 0 Å². The molecule has 1 saturated heterocycles. The molecule has 1 aliphatic heterocycles. The first-order chi connectivity index (χ1) is 10.9. The Hall–Kier alpha value is -0.910. The van der Waals surface area contributed by atoms with E-state index >= 15 is 0 Å². The number of imidazole rings is 1. The SMILES string of the molecule is CC(C)(C)N1CCCC1Cn1c(CCO)nc2cc(Br)ccc21. The molecule has 1 aromatic heterocycles. The van der Waals surface area contributed by atoms with Gasteiger partial charge in [0.25, 0.3) is 0 Å². The second-order valence-electron chi connectivity index (χ2n) is 7.41. The number of hydrogen-bond acceptors (Lipinski definition) is 3. The molecule has 3 rings (SSSR count). The van der Waals surface area contributed by atoms with Crippen molar-refractivity contribution in [3.05, 3.63) is 28.5 Å². The van der Waals surface area contributed by atoms with Crippen molar-refractivity contribution in [1.82, 2.24) is 14.5 Å². The molecular weight excluding hydrogens is 354 g/mol. The van der Waals surface area contributed by atoms with Crippen LogP contribution in [0, 0.1) is 0 Å². The second kappa shape index (κ2) is 6.54. The van der Waals surface area contributed by atoms with Gasteiger partial charge in [0.05, 0.1) is 17.6 Å². The van der Waals surface area contributed by atoms with Gasteiger partial charge < -0.3 is 9.67 Å². The number of hydrogen-bond donors (Lipinski definition) is 1. The summed E-state index contributed by atoms with van der Waals surface area (Å²) in [4.78, 5) is 7.36. The third-order valence-electron chi connectivity index (χ3n) is 4.76. The molecule has 1 aromatic carbocycles. The quantitative estimate of drug-likeness (QED) is 0.881. The summed E-state index contributed by atoms with van der Waals surface area (Å²) in [5, 5.41) is 9.39. The Bertz CT molecular complexity index is 689. The van der Waals surface area contributed by atoms with Crippen molar-refractivity contribution in [3.8, 4) is 0 Å². The number of aliphatic hydroxyl groups excluding tert-OH is 1. The molecule has 126 valence electrons. The van der Waals surface area contributed by atoms with Crippen molar-refractivity contribution in [3.63, 3.8) is 0 Å². The first-order valence-electron chi connectivity index (χ1n) is 8.42. The number of benzene rings is 1. The van der Waals surface area contributed by atoms with Gasteiger partial charge in [0.1, 0.15) is 5.82 Å². The van der Waals surface area contributed by atoms with Gasteiger partial charge in [-0.05, 0) is 58.4 Å². The van der Waals surface area contributed by atoms with Gasteiger partial charge >= 0.3 is 0 Å². The van der Waals surface area contributed by atoms with Gasteiger partial charge in [-0.1, -0.05) is 15.9 Å². The van der Waals surface area contributed by atoms with E-state index in [0.717, 1.165) is 27.9 Å². The number of rotatable bonds is 4. The topological polar surface area (TPSA) is 41.3 Å². The van der Waals surface area contributed by atoms with Crippen LogP contribution in [0.4, 0.5) is 0 Å². The molecule has 1 N–H and O–H groups in total. The van der Waals surface area contributed by atoms with Crippen LogP contribution in [-0.4, -0.2) is 44.3 Å². The van der Waals surface area contributed by atoms with Crippen LogP contribution in [-0.2, 0) is 13.0 Å². The van der Waals surface area contributed by atoms with Crippen molar-refractivity contribution in [2.24, 2.45) is 0 Å². The molecule has 5 heteroatoms. The molecule has 1 aliphatic rings. The highest BCUT2D eigenvalue weighted by Gasteiger charge is 2.33. The van der Waals surface area contributed by atoms with Crippen molar-refractivity contribution in [2.75, 3.05) is 13.2 Å². The fourth-order valence-corrected chi connectivity index (χ4v) is 4.12. The fraction of sp³-hybridized carbons (Fsp3) is 0.611. The summed E-state index contributed by atoms with van der Waals surface area (Å²) in [6.45, 7) is 9.14. The molecule has 0 spiro atoms. The maximum atomic E-state index is 9.39. The van der Waals surface area contributed by atoms with E-state index in [4.69, 9.17) is 4.98 Å². The molecule has 1 unspecified atom stereocenters. The average molecular weight is 380 g/mol. The van der Waals surface area contributed by atoms with Crippen LogP contribution in [0.1, 0.15) is 39.4 Å². The van der Waals surface area contributed by atoms with Crippen molar-refractivity contribution in [2.45, 2.75) is 58.2 Å². The molecule has 1 atom stereocenters. The molecular formula is C18H26BrN3O. The first kappa shape index (κ1) is 16.9. The van der Waals surface area contributed by atoms with Crippen molar-refractivity contribution < 1.29 is 5.11 Å². The molecule has 0 aliphatic carbocycles. The molecule has 0 radical (unpaired) electrons. The van der Waals surface area contributed by atoms with Crippen molar-refractivity contribution >= 4 is 27.0 Å². The van der Waals surface area contributed by atoms with Crippen LogP contribution >= 0.6 is 15.9 Å². The lowest BCUT2D eigenvalue weighted by molar-refractivity contribution is 0.111. The molecule has 2 heterocycles. The van der Waals surface area contributed by atoms with Crippen LogP contribution in [0.25, 0.3) is 11.0 Å². The van der Waals surface area contributed by atoms with Crippen molar-refractivity contribution in [1.29, 1.82) is 0 Å². The number of likely N-dealkylation sites (tertiary alicyclic amines) is 1. The maximum absolute atomic E-state index is 9.39. The van der Waals surface area contributed by atoms with Gasteiger partial charge in [0.15, 0.2) is 0 Å². The average Bonchev–Trinajstić information content (AvgIpc) is 3.05. The van der Waals surface area contributed by atoms with E-state index in [-0.39, 0.29) is 12.1 Å². The second-order valence-corrected chi connectivity index (χ2v) is 8.32. The zero-order chi connectivity index (χ0) is 16.6. The normalized spacial score (nSPS) is 19.8. The molecule has 0 bridgehead atoms. The van der Waals surface area contributed by atoms with Crippen LogP contribution in [0.2, 0.25) is 0 Å². The van der Waals surface area contributed by atoms with E-state index in [1.54, 1.807) is 0 Å².